The number of benzene rings is 2. The van der Waals surface area contributed by atoms with E-state index in [1.807, 2.05) is 55.5 Å². The first-order valence-electron chi connectivity index (χ1n) is 6.35. The number of carbonyl (C=O) groups excluding carboxylic acids is 1. The second kappa shape index (κ2) is 6.57. The highest BCUT2D eigenvalue weighted by atomic mass is 79.9. The molecule has 1 atom stereocenters. The molecule has 0 unspecified atom stereocenters. The fraction of sp³-hybridized carbons (Fsp3) is 0.188. The monoisotopic (exact) mass is 333 g/mol. The van der Waals surface area contributed by atoms with Gasteiger partial charge in [0.2, 0.25) is 0 Å². The fourth-order valence-electron chi connectivity index (χ4n) is 1.73. The third kappa shape index (κ3) is 3.61. The Labute approximate surface area is 127 Å². The van der Waals surface area contributed by atoms with Gasteiger partial charge in [-0.15, -0.1) is 0 Å². The van der Waals surface area contributed by atoms with Crippen LogP contribution in [0.25, 0.3) is 0 Å². The molecule has 0 aliphatic carbocycles. The van der Waals surface area contributed by atoms with Crippen molar-refractivity contribution in [2.24, 2.45) is 0 Å². The van der Waals surface area contributed by atoms with E-state index in [1.165, 1.54) is 0 Å². The van der Waals surface area contributed by atoms with Crippen LogP contribution in [0.15, 0.2) is 53.0 Å². The molecular formula is C16H16BrNO2. The number of rotatable bonds is 4. The van der Waals surface area contributed by atoms with Crippen LogP contribution in [0.1, 0.15) is 12.5 Å². The third-order valence-electron chi connectivity index (χ3n) is 2.91. The van der Waals surface area contributed by atoms with Crippen LogP contribution in [0.3, 0.4) is 0 Å². The number of amides is 1. The molecule has 0 spiro atoms. The van der Waals surface area contributed by atoms with Crippen molar-refractivity contribution in [2.45, 2.75) is 20.0 Å². The first-order chi connectivity index (χ1) is 9.58. The second-order valence-corrected chi connectivity index (χ2v) is 5.35. The van der Waals surface area contributed by atoms with E-state index in [1.54, 1.807) is 6.92 Å². The lowest BCUT2D eigenvalue weighted by Crippen LogP contribution is -2.30. The minimum atomic E-state index is -0.576. The largest absolute Gasteiger partial charge is 0.480 e. The zero-order chi connectivity index (χ0) is 14.5. The summed E-state index contributed by atoms with van der Waals surface area (Å²) in [6.45, 7) is 3.68. The van der Waals surface area contributed by atoms with Crippen LogP contribution in [-0.2, 0) is 4.79 Å². The van der Waals surface area contributed by atoms with E-state index >= 15 is 0 Å². The van der Waals surface area contributed by atoms with Gasteiger partial charge in [0.1, 0.15) is 5.75 Å². The van der Waals surface area contributed by atoms with Crippen molar-refractivity contribution >= 4 is 27.5 Å². The Hall–Kier alpha value is -1.81. The Bertz CT molecular complexity index is 613. The van der Waals surface area contributed by atoms with Crippen molar-refractivity contribution in [1.82, 2.24) is 0 Å². The molecule has 0 aromatic heterocycles. The van der Waals surface area contributed by atoms with Gasteiger partial charge in [-0.2, -0.15) is 0 Å². The van der Waals surface area contributed by atoms with Crippen LogP contribution in [0.4, 0.5) is 5.69 Å². The molecular weight excluding hydrogens is 318 g/mol. The molecule has 0 heterocycles. The van der Waals surface area contributed by atoms with Gasteiger partial charge in [-0.25, -0.2) is 0 Å². The van der Waals surface area contributed by atoms with E-state index in [0.29, 0.717) is 5.75 Å². The predicted octanol–water partition coefficient (Wildman–Crippen LogP) is 4.16. The minimum Gasteiger partial charge on any atom is -0.480 e. The van der Waals surface area contributed by atoms with Crippen molar-refractivity contribution in [3.05, 3.63) is 58.6 Å². The Kier molecular flexibility index (Phi) is 4.79. The Morgan fingerprint density at radius 1 is 1.15 bits per heavy atom. The normalized spacial score (nSPS) is 11.8. The Morgan fingerprint density at radius 3 is 2.50 bits per heavy atom. The van der Waals surface area contributed by atoms with E-state index < -0.39 is 6.10 Å². The lowest BCUT2D eigenvalue weighted by molar-refractivity contribution is -0.122. The molecule has 4 heteroatoms. The smallest absolute Gasteiger partial charge is 0.265 e. The molecule has 20 heavy (non-hydrogen) atoms. The summed E-state index contributed by atoms with van der Waals surface area (Å²) in [7, 11) is 0. The van der Waals surface area contributed by atoms with Crippen LogP contribution in [0.5, 0.6) is 5.75 Å². The first-order valence-corrected chi connectivity index (χ1v) is 7.15. The molecule has 0 bridgehead atoms. The standard InChI is InChI=1S/C16H16BrNO2/c1-11-7-3-5-9-14(11)18-16(19)12(2)20-15-10-6-4-8-13(15)17/h3-10,12H,1-2H3,(H,18,19)/t12-/m0/s1. The number of anilines is 1. The molecule has 0 aliphatic heterocycles. The number of hydrogen-bond donors (Lipinski definition) is 1. The van der Waals surface area contributed by atoms with Gasteiger partial charge >= 0.3 is 0 Å². The van der Waals surface area contributed by atoms with Gasteiger partial charge in [-0.3, -0.25) is 4.79 Å². The topological polar surface area (TPSA) is 38.3 Å². The van der Waals surface area contributed by atoms with E-state index in [0.717, 1.165) is 15.7 Å². The zero-order valence-electron chi connectivity index (χ0n) is 11.4. The highest BCUT2D eigenvalue weighted by molar-refractivity contribution is 9.10. The molecule has 0 saturated carbocycles. The molecule has 0 aliphatic rings. The average Bonchev–Trinajstić information content (AvgIpc) is 2.43. The van der Waals surface area contributed by atoms with E-state index in [-0.39, 0.29) is 5.91 Å². The zero-order valence-corrected chi connectivity index (χ0v) is 13.0. The van der Waals surface area contributed by atoms with Gasteiger partial charge in [0, 0.05) is 5.69 Å². The van der Waals surface area contributed by atoms with Gasteiger partial charge in [0.25, 0.3) is 5.91 Å². The molecule has 2 rings (SSSR count). The maximum absolute atomic E-state index is 12.1. The highest BCUT2D eigenvalue weighted by Gasteiger charge is 2.16. The number of hydrogen-bond acceptors (Lipinski definition) is 2. The average molecular weight is 334 g/mol. The minimum absolute atomic E-state index is 0.171. The maximum atomic E-state index is 12.1. The molecule has 104 valence electrons. The second-order valence-electron chi connectivity index (χ2n) is 4.49. The van der Waals surface area contributed by atoms with Crippen LogP contribution in [0.2, 0.25) is 0 Å². The molecule has 1 N–H and O–H groups in total. The fourth-order valence-corrected chi connectivity index (χ4v) is 2.11. The van der Waals surface area contributed by atoms with Crippen molar-refractivity contribution in [3.8, 4) is 5.75 Å². The maximum Gasteiger partial charge on any atom is 0.265 e. The molecule has 0 saturated heterocycles. The lowest BCUT2D eigenvalue weighted by Gasteiger charge is -2.16. The van der Waals surface area contributed by atoms with Gasteiger partial charge in [0.15, 0.2) is 6.10 Å². The van der Waals surface area contributed by atoms with Crippen LogP contribution < -0.4 is 10.1 Å². The number of ether oxygens (including phenoxy) is 1. The molecule has 1 amide bonds. The van der Waals surface area contributed by atoms with Gasteiger partial charge in [-0.1, -0.05) is 30.3 Å². The van der Waals surface area contributed by atoms with Crippen molar-refractivity contribution < 1.29 is 9.53 Å². The molecule has 2 aromatic carbocycles. The van der Waals surface area contributed by atoms with Gasteiger partial charge < -0.3 is 10.1 Å². The summed E-state index contributed by atoms with van der Waals surface area (Å²) in [6.07, 6.45) is -0.576. The number of para-hydroxylation sites is 2. The summed E-state index contributed by atoms with van der Waals surface area (Å²) < 4.78 is 6.49. The number of nitrogens with one attached hydrogen (secondary N) is 1. The number of carbonyl (C=O) groups is 1. The van der Waals surface area contributed by atoms with E-state index in [2.05, 4.69) is 21.2 Å². The summed E-state index contributed by atoms with van der Waals surface area (Å²) in [6, 6.07) is 15.1. The summed E-state index contributed by atoms with van der Waals surface area (Å²) in [4.78, 5) is 12.1. The van der Waals surface area contributed by atoms with Crippen LogP contribution >= 0.6 is 15.9 Å². The highest BCUT2D eigenvalue weighted by Crippen LogP contribution is 2.25. The number of halogens is 1. The van der Waals surface area contributed by atoms with Crippen molar-refractivity contribution in [3.63, 3.8) is 0 Å². The lowest BCUT2D eigenvalue weighted by atomic mass is 10.2. The first kappa shape index (κ1) is 14.6. The summed E-state index contributed by atoms with van der Waals surface area (Å²) in [5.41, 5.74) is 1.83. The third-order valence-corrected chi connectivity index (χ3v) is 3.57. The Morgan fingerprint density at radius 2 is 1.80 bits per heavy atom. The van der Waals surface area contributed by atoms with Gasteiger partial charge in [-0.05, 0) is 53.5 Å². The summed E-state index contributed by atoms with van der Waals surface area (Å²) in [5.74, 6) is 0.481. The molecule has 0 fully saturated rings. The molecule has 0 radical (unpaired) electrons. The SMILES string of the molecule is Cc1ccccc1NC(=O)[C@H](C)Oc1ccccc1Br. The Balaban J connectivity index is 2.03. The predicted molar refractivity (Wildman–Crippen MR) is 84.0 cm³/mol. The van der Waals surface area contributed by atoms with Crippen LogP contribution in [0, 0.1) is 6.92 Å². The van der Waals surface area contributed by atoms with Crippen molar-refractivity contribution in [2.75, 3.05) is 5.32 Å². The summed E-state index contributed by atoms with van der Waals surface area (Å²) in [5, 5.41) is 2.87. The van der Waals surface area contributed by atoms with Crippen molar-refractivity contribution in [1.29, 1.82) is 0 Å². The quantitative estimate of drug-likeness (QED) is 0.912. The van der Waals surface area contributed by atoms with E-state index in [4.69, 9.17) is 4.74 Å². The number of aryl methyl sites for hydroxylation is 1. The van der Waals surface area contributed by atoms with Gasteiger partial charge in [0.05, 0.1) is 4.47 Å². The van der Waals surface area contributed by atoms with E-state index in [9.17, 15) is 4.79 Å². The van der Waals surface area contributed by atoms with Crippen LogP contribution in [-0.4, -0.2) is 12.0 Å². The summed E-state index contributed by atoms with van der Waals surface area (Å²) >= 11 is 3.40. The molecule has 2 aromatic rings. The molecule has 3 nitrogen and oxygen atoms in total.